The number of amides is 1. The minimum absolute atomic E-state index is 0.134. The van der Waals surface area contributed by atoms with Gasteiger partial charge < -0.3 is 10.0 Å². The molecular weight excluding hydrogens is 182 g/mol. The molecule has 0 saturated carbocycles. The number of piperidine rings is 1. The second-order valence-corrected chi connectivity index (χ2v) is 3.60. The minimum Gasteiger partial charge on any atom is -0.478 e. The average molecular weight is 197 g/mol. The first kappa shape index (κ1) is 10.8. The van der Waals surface area contributed by atoms with Gasteiger partial charge in [-0.1, -0.05) is 0 Å². The monoisotopic (exact) mass is 197 g/mol. The van der Waals surface area contributed by atoms with Crippen molar-refractivity contribution in [1.82, 2.24) is 4.90 Å². The Labute approximate surface area is 83.2 Å². The number of carbonyl (C=O) groups is 2. The van der Waals surface area contributed by atoms with Gasteiger partial charge in [0.15, 0.2) is 0 Å². The van der Waals surface area contributed by atoms with Crippen molar-refractivity contribution in [3.05, 3.63) is 11.6 Å². The summed E-state index contributed by atoms with van der Waals surface area (Å²) in [7, 11) is 0. The Morgan fingerprint density at radius 3 is 2.86 bits per heavy atom. The fourth-order valence-corrected chi connectivity index (χ4v) is 1.59. The van der Waals surface area contributed by atoms with Crippen molar-refractivity contribution in [3.8, 4) is 0 Å². The molecule has 1 N–H and O–H groups in total. The van der Waals surface area contributed by atoms with Crippen LogP contribution in [0.5, 0.6) is 0 Å². The zero-order valence-corrected chi connectivity index (χ0v) is 8.32. The van der Waals surface area contributed by atoms with Crippen LogP contribution in [-0.4, -0.2) is 35.0 Å². The molecule has 0 aromatic heterocycles. The van der Waals surface area contributed by atoms with Crippen molar-refractivity contribution in [3.63, 3.8) is 0 Å². The van der Waals surface area contributed by atoms with E-state index in [0.29, 0.717) is 18.5 Å². The van der Waals surface area contributed by atoms with Gasteiger partial charge in [-0.3, -0.25) is 4.79 Å². The van der Waals surface area contributed by atoms with E-state index in [1.54, 1.807) is 11.8 Å². The summed E-state index contributed by atoms with van der Waals surface area (Å²) in [6.45, 7) is 2.94. The highest BCUT2D eigenvalue weighted by Crippen LogP contribution is 2.11. The number of hydrogen-bond acceptors (Lipinski definition) is 2. The third-order valence-electron chi connectivity index (χ3n) is 2.23. The highest BCUT2D eigenvalue weighted by Gasteiger charge is 2.17. The number of rotatable bonds is 3. The van der Waals surface area contributed by atoms with E-state index in [9.17, 15) is 9.59 Å². The maximum absolute atomic E-state index is 11.4. The average Bonchev–Trinajstić information content (AvgIpc) is 2.07. The van der Waals surface area contributed by atoms with Gasteiger partial charge in [-0.25, -0.2) is 4.79 Å². The minimum atomic E-state index is -0.952. The molecule has 0 spiro atoms. The maximum atomic E-state index is 11.4. The van der Waals surface area contributed by atoms with E-state index in [1.165, 1.54) is 0 Å². The number of carboxylic acid groups (broad SMARTS) is 1. The molecule has 0 aromatic rings. The van der Waals surface area contributed by atoms with Gasteiger partial charge in [-0.15, -0.1) is 0 Å². The Morgan fingerprint density at radius 1 is 1.57 bits per heavy atom. The van der Waals surface area contributed by atoms with Crippen LogP contribution in [0.2, 0.25) is 0 Å². The third kappa shape index (κ3) is 3.20. The largest absolute Gasteiger partial charge is 0.478 e. The predicted molar refractivity (Wildman–Crippen MR) is 51.8 cm³/mol. The molecular formula is C10H15NO3. The lowest BCUT2D eigenvalue weighted by atomic mass is 10.1. The summed E-state index contributed by atoms with van der Waals surface area (Å²) >= 11 is 0. The molecule has 4 nitrogen and oxygen atoms in total. The van der Waals surface area contributed by atoms with Crippen LogP contribution in [0, 0.1) is 0 Å². The van der Waals surface area contributed by atoms with E-state index >= 15 is 0 Å². The van der Waals surface area contributed by atoms with Crippen molar-refractivity contribution < 1.29 is 14.7 Å². The molecule has 0 radical (unpaired) electrons. The van der Waals surface area contributed by atoms with Gasteiger partial charge in [-0.2, -0.15) is 0 Å². The molecule has 0 atom stereocenters. The quantitative estimate of drug-likeness (QED) is 0.687. The molecule has 78 valence electrons. The molecule has 1 heterocycles. The Hall–Kier alpha value is -1.32. The molecule has 1 saturated heterocycles. The van der Waals surface area contributed by atoms with Crippen molar-refractivity contribution >= 4 is 11.9 Å². The summed E-state index contributed by atoms with van der Waals surface area (Å²) in [5, 5.41) is 8.50. The molecule has 1 aliphatic heterocycles. The second-order valence-electron chi connectivity index (χ2n) is 3.60. The first-order valence-corrected chi connectivity index (χ1v) is 4.77. The summed E-state index contributed by atoms with van der Waals surface area (Å²) < 4.78 is 0. The third-order valence-corrected chi connectivity index (χ3v) is 2.23. The van der Waals surface area contributed by atoms with Crippen molar-refractivity contribution in [2.24, 2.45) is 0 Å². The molecule has 0 aliphatic carbocycles. The van der Waals surface area contributed by atoms with Crippen LogP contribution >= 0.6 is 0 Å². The lowest BCUT2D eigenvalue weighted by Crippen LogP contribution is -2.36. The van der Waals surface area contributed by atoms with Crippen LogP contribution in [0.3, 0.4) is 0 Å². The summed E-state index contributed by atoms with van der Waals surface area (Å²) in [6.07, 6.45) is 3.73. The second kappa shape index (κ2) is 4.79. The van der Waals surface area contributed by atoms with Gasteiger partial charge in [0, 0.05) is 25.6 Å². The van der Waals surface area contributed by atoms with Crippen LogP contribution in [-0.2, 0) is 9.59 Å². The van der Waals surface area contributed by atoms with E-state index in [0.717, 1.165) is 25.5 Å². The fourth-order valence-electron chi connectivity index (χ4n) is 1.59. The Balaban J connectivity index is 2.50. The van der Waals surface area contributed by atoms with E-state index in [1.807, 2.05) is 0 Å². The topological polar surface area (TPSA) is 57.6 Å². The number of likely N-dealkylation sites (tertiary alicyclic amines) is 1. The molecule has 1 fully saturated rings. The molecule has 14 heavy (non-hydrogen) atoms. The number of carboxylic acids is 1. The van der Waals surface area contributed by atoms with Crippen LogP contribution in [0.4, 0.5) is 0 Å². The zero-order chi connectivity index (χ0) is 10.6. The van der Waals surface area contributed by atoms with Gasteiger partial charge in [0.25, 0.3) is 0 Å². The van der Waals surface area contributed by atoms with E-state index in [2.05, 4.69) is 0 Å². The van der Waals surface area contributed by atoms with Gasteiger partial charge >= 0.3 is 5.97 Å². The maximum Gasteiger partial charge on any atom is 0.328 e. The first-order valence-electron chi connectivity index (χ1n) is 4.77. The van der Waals surface area contributed by atoms with Crippen LogP contribution in [0.25, 0.3) is 0 Å². The first-order chi connectivity index (χ1) is 6.59. The summed E-state index contributed by atoms with van der Waals surface area (Å²) in [5.74, 6) is -0.818. The number of hydrogen-bond donors (Lipinski definition) is 1. The molecule has 1 rings (SSSR count). The van der Waals surface area contributed by atoms with Crippen LogP contribution in [0.15, 0.2) is 11.6 Å². The number of nitrogens with zero attached hydrogens (tertiary/aromatic N) is 1. The summed E-state index contributed by atoms with van der Waals surface area (Å²) in [5.41, 5.74) is 0.716. The van der Waals surface area contributed by atoms with E-state index < -0.39 is 5.97 Å². The van der Waals surface area contributed by atoms with Crippen molar-refractivity contribution in [2.75, 3.05) is 13.1 Å². The number of carbonyl (C=O) groups excluding carboxylic acids is 1. The predicted octanol–water partition coefficient (Wildman–Crippen LogP) is 1.03. The fraction of sp³-hybridized carbons (Fsp3) is 0.600. The van der Waals surface area contributed by atoms with E-state index in [-0.39, 0.29) is 5.91 Å². The Kier molecular flexibility index (Phi) is 3.68. The highest BCUT2D eigenvalue weighted by molar-refractivity contribution is 5.81. The highest BCUT2D eigenvalue weighted by atomic mass is 16.4. The van der Waals surface area contributed by atoms with Gasteiger partial charge in [-0.05, 0) is 25.3 Å². The van der Waals surface area contributed by atoms with Crippen molar-refractivity contribution in [1.29, 1.82) is 0 Å². The number of aliphatic carboxylic acids is 1. The normalized spacial score (nSPS) is 18.5. The van der Waals surface area contributed by atoms with Crippen LogP contribution < -0.4 is 0 Å². The Bertz CT molecular complexity index is 271. The smallest absolute Gasteiger partial charge is 0.328 e. The standard InChI is InChI=1S/C10H15NO3/c1-8(6-10(13)14)7-11-5-3-2-4-9(11)12/h6H,2-5,7H2,1H3,(H,13,14). The van der Waals surface area contributed by atoms with Gasteiger partial charge in [0.05, 0.1) is 0 Å². The molecule has 0 bridgehead atoms. The lowest BCUT2D eigenvalue weighted by molar-refractivity contribution is -0.133. The van der Waals surface area contributed by atoms with Crippen molar-refractivity contribution in [2.45, 2.75) is 26.2 Å². The SMILES string of the molecule is CC(=CC(=O)O)CN1CCCCC1=O. The van der Waals surface area contributed by atoms with Crippen LogP contribution in [0.1, 0.15) is 26.2 Å². The summed E-state index contributed by atoms with van der Waals surface area (Å²) in [6, 6.07) is 0. The summed E-state index contributed by atoms with van der Waals surface area (Å²) in [4.78, 5) is 23.4. The molecule has 0 aromatic carbocycles. The van der Waals surface area contributed by atoms with E-state index in [4.69, 9.17) is 5.11 Å². The van der Waals surface area contributed by atoms with Gasteiger partial charge in [0.2, 0.25) is 5.91 Å². The molecule has 4 heteroatoms. The molecule has 0 unspecified atom stereocenters. The van der Waals surface area contributed by atoms with Gasteiger partial charge in [0.1, 0.15) is 0 Å². The lowest BCUT2D eigenvalue weighted by Gasteiger charge is -2.26. The molecule has 1 aliphatic rings. The Morgan fingerprint density at radius 2 is 2.29 bits per heavy atom. The molecule has 1 amide bonds. The zero-order valence-electron chi connectivity index (χ0n) is 8.32.